The quantitative estimate of drug-likeness (QED) is 0.748. The molecule has 3 aromatic rings. The van der Waals surface area contributed by atoms with E-state index in [4.69, 9.17) is 0 Å². The summed E-state index contributed by atoms with van der Waals surface area (Å²) in [6.07, 6.45) is 1.80. The molecule has 3 rings (SSSR count). The third kappa shape index (κ3) is 2.67. The number of phenols is 1. The van der Waals surface area contributed by atoms with E-state index >= 15 is 0 Å². The molecular weight excluding hydrogens is 266 g/mol. The molecule has 5 nitrogen and oxygen atoms in total. The molecule has 2 aromatic carbocycles. The molecule has 1 aromatic heterocycles. The Morgan fingerprint density at radius 3 is 2.33 bits per heavy atom. The van der Waals surface area contributed by atoms with Gasteiger partial charge in [-0.3, -0.25) is 4.79 Å². The maximum Gasteiger partial charge on any atom is 0.159 e. The Bertz CT molecular complexity index is 774. The van der Waals surface area contributed by atoms with Gasteiger partial charge in [-0.15, -0.1) is 5.10 Å². The molecule has 0 radical (unpaired) electrons. The predicted molar refractivity (Wildman–Crippen MR) is 78.5 cm³/mol. The summed E-state index contributed by atoms with van der Waals surface area (Å²) in [5.74, 6) is 0.244. The van der Waals surface area contributed by atoms with Crippen LogP contribution in [0.4, 0.5) is 0 Å². The molecule has 0 spiro atoms. The van der Waals surface area contributed by atoms with Crippen LogP contribution in [-0.2, 0) is 0 Å². The zero-order chi connectivity index (χ0) is 14.8. The van der Waals surface area contributed by atoms with Gasteiger partial charge in [0.2, 0.25) is 0 Å². The van der Waals surface area contributed by atoms with E-state index in [0.29, 0.717) is 5.56 Å². The molecule has 0 aliphatic heterocycles. The number of rotatable bonds is 3. The summed E-state index contributed by atoms with van der Waals surface area (Å²) in [6.45, 7) is 1.54. The number of phenolic OH excluding ortho intramolecular Hbond substituents is 1. The molecule has 0 aliphatic carbocycles. The Kier molecular flexibility index (Phi) is 3.23. The summed E-state index contributed by atoms with van der Waals surface area (Å²) in [5.41, 5.74) is 3.10. The summed E-state index contributed by atoms with van der Waals surface area (Å²) < 4.78 is 1.63. The van der Waals surface area contributed by atoms with Crippen LogP contribution in [0.1, 0.15) is 17.3 Å². The summed E-state index contributed by atoms with van der Waals surface area (Å²) in [7, 11) is 0. The van der Waals surface area contributed by atoms with E-state index < -0.39 is 0 Å². The minimum absolute atomic E-state index is 0.0364. The molecule has 0 saturated heterocycles. The van der Waals surface area contributed by atoms with E-state index in [0.717, 1.165) is 16.9 Å². The fourth-order valence-corrected chi connectivity index (χ4v) is 2.00. The first-order valence-corrected chi connectivity index (χ1v) is 6.46. The van der Waals surface area contributed by atoms with Crippen molar-refractivity contribution in [3.05, 3.63) is 60.3 Å². The fourth-order valence-electron chi connectivity index (χ4n) is 2.00. The van der Waals surface area contributed by atoms with Crippen molar-refractivity contribution in [2.45, 2.75) is 6.92 Å². The van der Waals surface area contributed by atoms with Crippen LogP contribution >= 0.6 is 0 Å². The SMILES string of the molecule is CC(=O)c1ccc(-c2cn(-c3ccc(O)cc3)nn2)cc1. The van der Waals surface area contributed by atoms with Crippen LogP contribution in [-0.4, -0.2) is 25.9 Å². The van der Waals surface area contributed by atoms with E-state index in [1.807, 2.05) is 12.1 Å². The predicted octanol–water partition coefficient (Wildman–Crippen LogP) is 2.84. The van der Waals surface area contributed by atoms with E-state index in [2.05, 4.69) is 10.3 Å². The molecule has 0 bridgehead atoms. The van der Waals surface area contributed by atoms with E-state index in [1.54, 1.807) is 47.3 Å². The molecule has 0 aliphatic rings. The lowest BCUT2D eigenvalue weighted by molar-refractivity contribution is 0.101. The molecule has 104 valence electrons. The summed E-state index contributed by atoms with van der Waals surface area (Å²) in [4.78, 5) is 11.3. The minimum Gasteiger partial charge on any atom is -0.508 e. The van der Waals surface area contributed by atoms with E-state index in [1.165, 1.54) is 6.92 Å². The number of carbonyl (C=O) groups excluding carboxylic acids is 1. The number of aromatic nitrogens is 3. The van der Waals surface area contributed by atoms with Gasteiger partial charge in [-0.25, -0.2) is 4.68 Å². The normalized spacial score (nSPS) is 10.5. The lowest BCUT2D eigenvalue weighted by Crippen LogP contribution is -1.93. The fraction of sp³-hybridized carbons (Fsp3) is 0.0625. The van der Waals surface area contributed by atoms with Crippen molar-refractivity contribution in [3.8, 4) is 22.7 Å². The number of carbonyl (C=O) groups is 1. The second-order valence-corrected chi connectivity index (χ2v) is 4.70. The first kappa shape index (κ1) is 13.1. The number of hydrogen-bond acceptors (Lipinski definition) is 4. The number of benzene rings is 2. The Morgan fingerprint density at radius 2 is 1.71 bits per heavy atom. The highest BCUT2D eigenvalue weighted by atomic mass is 16.3. The van der Waals surface area contributed by atoms with Crippen molar-refractivity contribution in [1.29, 1.82) is 0 Å². The summed E-state index contributed by atoms with van der Waals surface area (Å²) in [6, 6.07) is 14.0. The van der Waals surface area contributed by atoms with Crippen LogP contribution < -0.4 is 0 Å². The topological polar surface area (TPSA) is 68.0 Å². The molecule has 5 heteroatoms. The van der Waals surface area contributed by atoms with Gasteiger partial charge in [0.1, 0.15) is 11.4 Å². The van der Waals surface area contributed by atoms with Crippen molar-refractivity contribution in [2.24, 2.45) is 0 Å². The van der Waals surface area contributed by atoms with Crippen molar-refractivity contribution >= 4 is 5.78 Å². The highest BCUT2D eigenvalue weighted by molar-refractivity contribution is 5.94. The van der Waals surface area contributed by atoms with Gasteiger partial charge < -0.3 is 5.11 Å². The van der Waals surface area contributed by atoms with Crippen LogP contribution in [0.25, 0.3) is 16.9 Å². The Morgan fingerprint density at radius 1 is 1.05 bits per heavy atom. The van der Waals surface area contributed by atoms with Crippen molar-refractivity contribution in [2.75, 3.05) is 0 Å². The van der Waals surface area contributed by atoms with Crippen LogP contribution in [0.15, 0.2) is 54.7 Å². The standard InChI is InChI=1S/C16H13N3O2/c1-11(20)12-2-4-13(5-3-12)16-10-19(18-17-16)14-6-8-15(21)9-7-14/h2-10,21H,1H3. The molecule has 0 saturated carbocycles. The van der Waals surface area contributed by atoms with Gasteiger partial charge >= 0.3 is 0 Å². The third-order valence-electron chi connectivity index (χ3n) is 3.19. The molecule has 0 unspecified atom stereocenters. The number of hydrogen-bond donors (Lipinski definition) is 1. The second kappa shape index (κ2) is 5.20. The molecule has 1 N–H and O–H groups in total. The van der Waals surface area contributed by atoms with Crippen molar-refractivity contribution in [1.82, 2.24) is 15.0 Å². The third-order valence-corrected chi connectivity index (χ3v) is 3.19. The van der Waals surface area contributed by atoms with Gasteiger partial charge in [-0.2, -0.15) is 0 Å². The molecule has 0 fully saturated rings. The summed E-state index contributed by atoms with van der Waals surface area (Å²) >= 11 is 0. The van der Waals surface area contributed by atoms with E-state index in [9.17, 15) is 9.90 Å². The lowest BCUT2D eigenvalue weighted by atomic mass is 10.1. The highest BCUT2D eigenvalue weighted by Gasteiger charge is 2.06. The average Bonchev–Trinajstić information content (AvgIpc) is 2.98. The zero-order valence-electron chi connectivity index (χ0n) is 11.4. The molecular formula is C16H13N3O2. The van der Waals surface area contributed by atoms with Gasteiger partial charge in [-0.1, -0.05) is 29.5 Å². The molecule has 0 amide bonds. The zero-order valence-corrected chi connectivity index (χ0v) is 11.4. The number of nitrogens with zero attached hydrogens (tertiary/aromatic N) is 3. The number of ketones is 1. The van der Waals surface area contributed by atoms with Crippen LogP contribution in [0.5, 0.6) is 5.75 Å². The number of Topliss-reactive ketones (excluding diaryl/α,β-unsaturated/α-hetero) is 1. The maximum absolute atomic E-state index is 11.3. The average molecular weight is 279 g/mol. The maximum atomic E-state index is 11.3. The van der Waals surface area contributed by atoms with Crippen molar-refractivity contribution < 1.29 is 9.90 Å². The van der Waals surface area contributed by atoms with Gasteiger partial charge in [0.15, 0.2) is 5.78 Å². The first-order chi connectivity index (χ1) is 10.1. The molecule has 21 heavy (non-hydrogen) atoms. The van der Waals surface area contributed by atoms with Crippen molar-refractivity contribution in [3.63, 3.8) is 0 Å². The highest BCUT2D eigenvalue weighted by Crippen LogP contribution is 2.19. The van der Waals surface area contributed by atoms with Crippen LogP contribution in [0.3, 0.4) is 0 Å². The lowest BCUT2D eigenvalue weighted by Gasteiger charge is -1.99. The van der Waals surface area contributed by atoms with E-state index in [-0.39, 0.29) is 11.5 Å². The first-order valence-electron chi connectivity index (χ1n) is 6.46. The van der Waals surface area contributed by atoms with Gasteiger partial charge in [-0.05, 0) is 31.2 Å². The minimum atomic E-state index is 0.0364. The van der Waals surface area contributed by atoms with Gasteiger partial charge in [0.25, 0.3) is 0 Å². The van der Waals surface area contributed by atoms with Crippen LogP contribution in [0.2, 0.25) is 0 Å². The second-order valence-electron chi connectivity index (χ2n) is 4.70. The Labute approximate surface area is 121 Å². The van der Waals surface area contributed by atoms with Gasteiger partial charge in [0.05, 0.1) is 11.9 Å². The molecule has 0 atom stereocenters. The monoisotopic (exact) mass is 279 g/mol. The van der Waals surface area contributed by atoms with Crippen LogP contribution in [0, 0.1) is 0 Å². The largest absolute Gasteiger partial charge is 0.508 e. The Hall–Kier alpha value is -2.95. The number of aromatic hydroxyl groups is 1. The van der Waals surface area contributed by atoms with Gasteiger partial charge in [0, 0.05) is 11.1 Å². The molecule has 1 heterocycles. The smallest absolute Gasteiger partial charge is 0.159 e. The Balaban J connectivity index is 1.90. The summed E-state index contributed by atoms with van der Waals surface area (Å²) in [5, 5.41) is 17.5.